The summed E-state index contributed by atoms with van der Waals surface area (Å²) in [5.74, 6) is 0.0801. The van der Waals surface area contributed by atoms with E-state index in [0.29, 0.717) is 16.9 Å². The summed E-state index contributed by atoms with van der Waals surface area (Å²) in [5, 5.41) is 3.99. The number of hydrogen-bond acceptors (Lipinski definition) is 4. The topological polar surface area (TPSA) is 63.6 Å². The fourth-order valence-electron chi connectivity index (χ4n) is 2.29. The maximum Gasteiger partial charge on any atom is 0.271 e. The quantitative estimate of drug-likeness (QED) is 0.252. The number of pyridine rings is 1. The summed E-state index contributed by atoms with van der Waals surface area (Å²) in [6.45, 7) is 0.147. The Kier molecular flexibility index (Phi) is 7.31. The molecular weight excluding hydrogens is 587 g/mol. The Hall–Kier alpha value is -2.08. The Balaban J connectivity index is 1.66. The lowest BCUT2D eigenvalue weighted by Crippen LogP contribution is -2.17. The first-order valence-electron chi connectivity index (χ1n) is 8.13. The van der Waals surface area contributed by atoms with Gasteiger partial charge in [0.25, 0.3) is 5.91 Å². The number of carbonyl (C=O) groups excluding carboxylic acids is 1. The van der Waals surface area contributed by atoms with Gasteiger partial charge in [-0.2, -0.15) is 5.10 Å². The first-order valence-corrected chi connectivity index (χ1v) is 10.3. The molecule has 0 aliphatic carbocycles. The molecule has 3 aromatic rings. The van der Waals surface area contributed by atoms with Gasteiger partial charge < -0.3 is 4.74 Å². The molecule has 142 valence electrons. The van der Waals surface area contributed by atoms with Crippen molar-refractivity contribution < 1.29 is 13.9 Å². The van der Waals surface area contributed by atoms with Crippen LogP contribution in [0, 0.1) is 13.0 Å². The average molecular weight is 601 g/mol. The van der Waals surface area contributed by atoms with E-state index < -0.39 is 0 Å². The Morgan fingerprint density at radius 2 is 1.82 bits per heavy atom. The molecule has 0 unspecified atom stereocenters. The van der Waals surface area contributed by atoms with Crippen LogP contribution in [-0.2, 0) is 6.61 Å². The molecule has 0 aliphatic heterocycles. The van der Waals surface area contributed by atoms with E-state index in [1.165, 1.54) is 6.07 Å². The summed E-state index contributed by atoms with van der Waals surface area (Å²) in [4.78, 5) is 15.8. The highest BCUT2D eigenvalue weighted by molar-refractivity contribution is 14.1. The third-order valence-corrected chi connectivity index (χ3v) is 5.28. The first-order chi connectivity index (χ1) is 13.5. The van der Waals surface area contributed by atoms with Crippen LogP contribution in [0.25, 0.3) is 0 Å². The van der Waals surface area contributed by atoms with E-state index in [1.807, 2.05) is 12.1 Å². The third-order valence-electron chi connectivity index (χ3n) is 3.67. The molecule has 1 aromatic heterocycles. The van der Waals surface area contributed by atoms with Gasteiger partial charge in [0.1, 0.15) is 18.2 Å². The van der Waals surface area contributed by atoms with Crippen molar-refractivity contribution in [3.05, 3.63) is 90.6 Å². The Morgan fingerprint density at radius 1 is 1.14 bits per heavy atom. The molecule has 28 heavy (non-hydrogen) atoms. The monoisotopic (exact) mass is 601 g/mol. The third kappa shape index (κ3) is 5.47. The minimum absolute atomic E-state index is 0.147. The van der Waals surface area contributed by atoms with Gasteiger partial charge in [0, 0.05) is 23.5 Å². The minimum atomic E-state index is -0.312. The van der Waals surface area contributed by atoms with Gasteiger partial charge in [0.05, 0.1) is 13.4 Å². The predicted molar refractivity (Wildman–Crippen MR) is 122 cm³/mol. The second kappa shape index (κ2) is 9.92. The van der Waals surface area contributed by atoms with Crippen LogP contribution in [0.1, 0.15) is 21.5 Å². The van der Waals surface area contributed by atoms with Gasteiger partial charge in [-0.05, 0) is 81.1 Å². The smallest absolute Gasteiger partial charge is 0.271 e. The van der Waals surface area contributed by atoms with E-state index in [2.05, 4.69) is 60.7 Å². The van der Waals surface area contributed by atoms with Gasteiger partial charge >= 0.3 is 0 Å². The van der Waals surface area contributed by atoms with Crippen molar-refractivity contribution in [2.75, 3.05) is 0 Å². The zero-order valence-electron chi connectivity index (χ0n) is 14.4. The van der Waals surface area contributed by atoms with Crippen LogP contribution in [0.4, 0.5) is 4.39 Å². The Bertz CT molecular complexity index is 990. The second-order valence-corrected chi connectivity index (χ2v) is 7.95. The van der Waals surface area contributed by atoms with Crippen molar-refractivity contribution in [1.82, 2.24) is 10.4 Å². The van der Waals surface area contributed by atoms with Crippen LogP contribution in [-0.4, -0.2) is 17.1 Å². The number of benzene rings is 2. The molecule has 0 spiro atoms. The fourth-order valence-corrected chi connectivity index (χ4v) is 4.42. The van der Waals surface area contributed by atoms with Gasteiger partial charge in [0.15, 0.2) is 0 Å². The number of ether oxygens (including phenoxy) is 1. The zero-order chi connectivity index (χ0) is 19.9. The number of aromatic nitrogens is 1. The van der Waals surface area contributed by atoms with Crippen LogP contribution in [0.2, 0.25) is 0 Å². The SMILES string of the molecule is O=C(N/N=C/c1cc(I)c(OCc2ccccc2F)c(I)c1)c1ccncc1. The predicted octanol–water partition coefficient (Wildman–Crippen LogP) is 4.77. The lowest BCUT2D eigenvalue weighted by atomic mass is 10.2. The lowest BCUT2D eigenvalue weighted by molar-refractivity contribution is 0.0955. The zero-order valence-corrected chi connectivity index (χ0v) is 18.7. The maximum atomic E-state index is 13.7. The van der Waals surface area contributed by atoms with Gasteiger partial charge in [0.2, 0.25) is 0 Å². The van der Waals surface area contributed by atoms with E-state index >= 15 is 0 Å². The van der Waals surface area contributed by atoms with Gasteiger partial charge in [-0.15, -0.1) is 0 Å². The highest BCUT2D eigenvalue weighted by atomic mass is 127. The molecule has 3 rings (SSSR count). The number of hydrazone groups is 1. The molecular formula is C20H14FI2N3O2. The molecule has 0 saturated heterocycles. The molecule has 5 nitrogen and oxygen atoms in total. The molecule has 0 fully saturated rings. The van der Waals surface area contributed by atoms with Crippen molar-refractivity contribution in [3.63, 3.8) is 0 Å². The normalized spacial score (nSPS) is 10.8. The van der Waals surface area contributed by atoms with Gasteiger partial charge in [-0.1, -0.05) is 18.2 Å². The number of hydrogen-bond donors (Lipinski definition) is 1. The lowest BCUT2D eigenvalue weighted by Gasteiger charge is -2.12. The van der Waals surface area contributed by atoms with Crippen LogP contribution in [0.3, 0.4) is 0 Å². The Labute approximate surface area is 188 Å². The van der Waals surface area contributed by atoms with Crippen molar-refractivity contribution >= 4 is 57.3 Å². The standard InChI is InChI=1S/C20H14FI2N3O2/c21-16-4-2-1-3-15(16)12-28-19-17(22)9-13(10-18(19)23)11-25-26-20(27)14-5-7-24-8-6-14/h1-11H,12H2,(H,26,27)/b25-11+. The summed E-state index contributed by atoms with van der Waals surface area (Å²) in [7, 11) is 0. The van der Waals surface area contributed by atoms with E-state index in [0.717, 1.165) is 12.7 Å². The summed E-state index contributed by atoms with van der Waals surface area (Å²) in [5.41, 5.74) is 4.26. The highest BCUT2D eigenvalue weighted by Gasteiger charge is 2.10. The number of amides is 1. The molecule has 0 bridgehead atoms. The van der Waals surface area contributed by atoms with Crippen molar-refractivity contribution in [2.24, 2.45) is 5.10 Å². The maximum absolute atomic E-state index is 13.7. The Morgan fingerprint density at radius 3 is 2.50 bits per heavy atom. The molecule has 0 aliphatic rings. The first kappa shape index (κ1) is 20.6. The summed E-state index contributed by atoms with van der Waals surface area (Å²) >= 11 is 4.32. The van der Waals surface area contributed by atoms with Crippen LogP contribution >= 0.6 is 45.2 Å². The number of nitrogens with one attached hydrogen (secondary N) is 1. The van der Waals surface area contributed by atoms with Gasteiger partial charge in [-0.3, -0.25) is 9.78 Å². The summed E-state index contributed by atoms with van der Waals surface area (Å²) in [6, 6.07) is 13.5. The average Bonchev–Trinajstić information content (AvgIpc) is 2.69. The minimum Gasteiger partial charge on any atom is -0.487 e. The number of nitrogens with zero attached hydrogens (tertiary/aromatic N) is 2. The van der Waals surface area contributed by atoms with E-state index in [4.69, 9.17) is 4.74 Å². The van der Waals surface area contributed by atoms with E-state index in [9.17, 15) is 9.18 Å². The highest BCUT2D eigenvalue weighted by Crippen LogP contribution is 2.29. The molecule has 0 atom stereocenters. The second-order valence-electron chi connectivity index (χ2n) is 5.63. The fraction of sp³-hybridized carbons (Fsp3) is 0.0500. The molecule has 1 N–H and O–H groups in total. The van der Waals surface area contributed by atoms with Crippen LogP contribution in [0.5, 0.6) is 5.75 Å². The van der Waals surface area contributed by atoms with E-state index in [-0.39, 0.29) is 18.3 Å². The van der Waals surface area contributed by atoms with Crippen molar-refractivity contribution in [3.8, 4) is 5.75 Å². The number of halogens is 3. The van der Waals surface area contributed by atoms with Crippen LogP contribution < -0.4 is 10.2 Å². The van der Waals surface area contributed by atoms with Crippen LogP contribution in [0.15, 0.2) is 66.0 Å². The largest absolute Gasteiger partial charge is 0.487 e. The number of carbonyl (C=O) groups is 1. The molecule has 8 heteroatoms. The molecule has 1 amide bonds. The van der Waals surface area contributed by atoms with Crippen molar-refractivity contribution in [2.45, 2.75) is 6.61 Å². The van der Waals surface area contributed by atoms with Gasteiger partial charge in [-0.25, -0.2) is 9.82 Å². The summed E-state index contributed by atoms with van der Waals surface area (Å²) < 4.78 is 21.3. The van der Waals surface area contributed by atoms with E-state index in [1.54, 1.807) is 48.9 Å². The number of rotatable bonds is 6. The van der Waals surface area contributed by atoms with Crippen molar-refractivity contribution in [1.29, 1.82) is 0 Å². The molecule has 2 aromatic carbocycles. The molecule has 0 radical (unpaired) electrons. The molecule has 1 heterocycles. The molecule has 0 saturated carbocycles. The summed E-state index contributed by atoms with van der Waals surface area (Å²) in [6.07, 6.45) is 4.65.